The number of esters is 1. The normalized spacial score (nSPS) is 14.0. The highest BCUT2D eigenvalue weighted by Crippen LogP contribution is 2.43. The maximum absolute atomic E-state index is 13.6. The van der Waals surface area contributed by atoms with Crippen LogP contribution in [0.3, 0.4) is 0 Å². The van der Waals surface area contributed by atoms with Crippen molar-refractivity contribution in [3.8, 4) is 0 Å². The van der Waals surface area contributed by atoms with Crippen LogP contribution in [0.1, 0.15) is 329 Å². The van der Waals surface area contributed by atoms with E-state index in [1.54, 1.807) is 0 Å². The first kappa shape index (κ1) is 80.5. The van der Waals surface area contributed by atoms with E-state index in [-0.39, 0.29) is 25.1 Å². The number of nitrogens with one attached hydrogen (secondary N) is 1. The molecule has 10 heteroatoms. The number of rotatable bonds is 64. The summed E-state index contributed by atoms with van der Waals surface area (Å²) in [7, 11) is 1.50. The first-order valence-electron chi connectivity index (χ1n) is 35.3. The van der Waals surface area contributed by atoms with E-state index in [2.05, 4.69) is 86.8 Å². The van der Waals surface area contributed by atoms with Crippen molar-refractivity contribution in [2.75, 3.05) is 40.9 Å². The Morgan fingerprint density at radius 1 is 0.434 bits per heavy atom. The van der Waals surface area contributed by atoms with Crippen LogP contribution in [-0.4, -0.2) is 74.3 Å². The minimum Gasteiger partial charge on any atom is -0.456 e. The third-order valence-electron chi connectivity index (χ3n) is 15.7. The number of unbranched alkanes of at least 4 members (excludes halogenated alkanes) is 38. The second-order valence-electron chi connectivity index (χ2n) is 25.0. The third kappa shape index (κ3) is 63.8. The summed E-state index contributed by atoms with van der Waals surface area (Å²) in [6.07, 6.45) is 81.9. The molecule has 3 atom stereocenters. The molecule has 0 aliphatic rings. The Morgan fingerprint density at radius 2 is 0.771 bits per heavy atom. The van der Waals surface area contributed by atoms with E-state index in [1.807, 2.05) is 33.3 Å². The Kier molecular flexibility index (Phi) is 60.6. The molecule has 3 unspecified atom stereocenters. The van der Waals surface area contributed by atoms with E-state index >= 15 is 0 Å². The van der Waals surface area contributed by atoms with Crippen molar-refractivity contribution in [2.24, 2.45) is 0 Å². The average Bonchev–Trinajstić information content (AvgIpc) is 3.46. The molecule has 0 saturated carbocycles. The van der Waals surface area contributed by atoms with E-state index in [0.29, 0.717) is 23.9 Å². The number of amides is 1. The van der Waals surface area contributed by atoms with Crippen LogP contribution in [0.15, 0.2) is 72.9 Å². The summed E-state index contributed by atoms with van der Waals surface area (Å²) < 4.78 is 30.8. The van der Waals surface area contributed by atoms with Gasteiger partial charge in [0.2, 0.25) is 5.91 Å². The van der Waals surface area contributed by atoms with Crippen LogP contribution < -0.4 is 5.32 Å². The lowest BCUT2D eigenvalue weighted by Gasteiger charge is -2.27. The molecule has 484 valence electrons. The Labute approximate surface area is 514 Å². The van der Waals surface area contributed by atoms with E-state index in [1.165, 1.54) is 193 Å². The smallest absolute Gasteiger partial charge is 0.456 e. The number of ether oxygens (including phenoxy) is 1. The van der Waals surface area contributed by atoms with Gasteiger partial charge < -0.3 is 19.4 Å². The van der Waals surface area contributed by atoms with E-state index in [9.17, 15) is 19.0 Å². The molecular formula is C73H136N2O7P+. The number of allylic oxidation sites excluding steroid dienone is 11. The van der Waals surface area contributed by atoms with Crippen LogP contribution in [0.5, 0.6) is 0 Å². The fourth-order valence-electron chi connectivity index (χ4n) is 10.3. The number of likely N-dealkylation sites (N-methyl/N-ethyl adjacent to an activating group) is 1. The van der Waals surface area contributed by atoms with Gasteiger partial charge in [0.25, 0.3) is 0 Å². The Morgan fingerprint density at radius 3 is 1.16 bits per heavy atom. The zero-order chi connectivity index (χ0) is 60.7. The molecule has 1 amide bonds. The van der Waals surface area contributed by atoms with Crippen molar-refractivity contribution >= 4 is 19.7 Å². The Balaban J connectivity index is 5.12. The molecule has 83 heavy (non-hydrogen) atoms. The molecule has 0 saturated heterocycles. The third-order valence-corrected chi connectivity index (χ3v) is 16.6. The molecule has 0 aromatic heterocycles. The van der Waals surface area contributed by atoms with Gasteiger partial charge in [0.05, 0.1) is 33.8 Å². The molecule has 2 N–H and O–H groups in total. The number of carbonyl (C=O) groups excluding carboxylic acids is 2. The molecule has 0 aliphatic heterocycles. The van der Waals surface area contributed by atoms with Gasteiger partial charge in [-0.3, -0.25) is 18.6 Å². The summed E-state index contributed by atoms with van der Waals surface area (Å²) in [5.41, 5.74) is 0. The molecular weight excluding hydrogens is 1050 g/mol. The first-order valence-corrected chi connectivity index (χ1v) is 36.8. The lowest BCUT2D eigenvalue weighted by atomic mass is 10.0. The predicted octanol–water partition coefficient (Wildman–Crippen LogP) is 22.3. The van der Waals surface area contributed by atoms with E-state index < -0.39 is 20.0 Å². The molecule has 9 nitrogen and oxygen atoms in total. The maximum atomic E-state index is 13.6. The van der Waals surface area contributed by atoms with Crippen molar-refractivity contribution in [2.45, 2.75) is 341 Å². The van der Waals surface area contributed by atoms with E-state index in [0.717, 1.165) is 103 Å². The highest BCUT2D eigenvalue weighted by atomic mass is 31.2. The summed E-state index contributed by atoms with van der Waals surface area (Å²) in [5.74, 6) is -0.499. The predicted molar refractivity (Wildman–Crippen MR) is 360 cm³/mol. The molecule has 0 fully saturated rings. The number of phosphoric acid groups is 1. The highest BCUT2D eigenvalue weighted by molar-refractivity contribution is 7.47. The van der Waals surface area contributed by atoms with Crippen LogP contribution in [0.2, 0.25) is 0 Å². The standard InChI is InChI=1S/C73H135N2O7P/c1-7-10-13-16-19-22-25-28-30-32-34-35-36-37-38-39-41-42-44-47-50-53-56-59-62-65-72(76)74-70(69-81-83(78,79)80-68-67-75(4,5)6)71(64-61-58-55-52-49-46-27-24-21-18-15-12-9-3)82-73(77)66-63-60-57-54-51-48-45-43-40-33-31-29-26-23-20-17-14-11-8-2/h10,13,19,22,28,30,34-35,37-38,61,64,70-71H,7-9,11-12,14-18,20-21,23-27,29,31-33,36,39-60,62-63,65-69H2,1-6H3,(H-,74,76,78,79)/p+1/b13-10-,22-19-,30-28-,35-34-,38-37-,64-61-. The average molecular weight is 1180 g/mol. The van der Waals surface area contributed by atoms with Gasteiger partial charge in [-0.05, 0) is 76.7 Å². The summed E-state index contributed by atoms with van der Waals surface area (Å²) in [4.78, 5) is 37.9. The zero-order valence-electron chi connectivity index (χ0n) is 55.4. The lowest BCUT2D eigenvalue weighted by Crippen LogP contribution is -2.47. The van der Waals surface area contributed by atoms with Gasteiger partial charge in [0.15, 0.2) is 0 Å². The molecule has 0 rings (SSSR count). The second kappa shape index (κ2) is 62.5. The highest BCUT2D eigenvalue weighted by Gasteiger charge is 2.30. The van der Waals surface area contributed by atoms with Crippen molar-refractivity contribution in [3.63, 3.8) is 0 Å². The van der Waals surface area contributed by atoms with Crippen LogP contribution in [0.4, 0.5) is 0 Å². The Hall–Kier alpha value is -2.55. The summed E-state index contributed by atoms with van der Waals surface area (Å²) in [6, 6.07) is -0.853. The molecule has 0 aromatic rings. The van der Waals surface area contributed by atoms with Crippen LogP contribution in [0, 0.1) is 0 Å². The number of hydrogen-bond donors (Lipinski definition) is 2. The van der Waals surface area contributed by atoms with Crippen LogP contribution in [-0.2, 0) is 27.9 Å². The molecule has 0 radical (unpaired) electrons. The topological polar surface area (TPSA) is 111 Å². The number of carbonyl (C=O) groups is 2. The second-order valence-corrected chi connectivity index (χ2v) is 26.5. The zero-order valence-corrected chi connectivity index (χ0v) is 56.3. The first-order chi connectivity index (χ1) is 40.4. The summed E-state index contributed by atoms with van der Waals surface area (Å²) >= 11 is 0. The molecule has 0 spiro atoms. The van der Waals surface area contributed by atoms with Gasteiger partial charge in [-0.1, -0.05) is 312 Å². The van der Waals surface area contributed by atoms with Gasteiger partial charge in [-0.2, -0.15) is 0 Å². The minimum atomic E-state index is -4.46. The van der Waals surface area contributed by atoms with Gasteiger partial charge in [0.1, 0.15) is 19.3 Å². The van der Waals surface area contributed by atoms with Crippen molar-refractivity contribution in [3.05, 3.63) is 72.9 Å². The molecule has 0 bridgehead atoms. The van der Waals surface area contributed by atoms with Gasteiger partial charge >= 0.3 is 13.8 Å². The number of nitrogens with zero attached hydrogens (tertiary/aromatic N) is 1. The monoisotopic (exact) mass is 1180 g/mol. The molecule has 0 aromatic carbocycles. The van der Waals surface area contributed by atoms with E-state index in [4.69, 9.17) is 13.8 Å². The number of phosphoric ester groups is 1. The fraction of sp³-hybridized carbons (Fsp3) is 0.808. The molecule has 0 aliphatic carbocycles. The van der Waals surface area contributed by atoms with Crippen molar-refractivity contribution in [1.82, 2.24) is 5.32 Å². The van der Waals surface area contributed by atoms with Crippen LogP contribution in [0.25, 0.3) is 0 Å². The molecule has 0 heterocycles. The quantitative estimate of drug-likeness (QED) is 0.0205. The van der Waals surface area contributed by atoms with Gasteiger partial charge in [0, 0.05) is 12.8 Å². The Bertz CT molecular complexity index is 1650. The van der Waals surface area contributed by atoms with Gasteiger partial charge in [-0.15, -0.1) is 0 Å². The van der Waals surface area contributed by atoms with Crippen LogP contribution >= 0.6 is 7.82 Å². The largest absolute Gasteiger partial charge is 0.472 e. The SMILES string of the molecule is CC/C=C\C/C=C\C/C=C\C/C=C\C/C=C\CCCCCCCCCCCC(=O)NC(COP(=O)(O)OCC[N+](C)(C)C)C(/C=C\CCCCCCCCCCCCC)OC(=O)CCCCCCCCCCCCCCCCCCCCC. The maximum Gasteiger partial charge on any atom is 0.472 e. The lowest BCUT2D eigenvalue weighted by molar-refractivity contribution is -0.870. The fourth-order valence-corrected chi connectivity index (χ4v) is 11.0. The number of quaternary nitrogens is 1. The summed E-state index contributed by atoms with van der Waals surface area (Å²) in [6.45, 7) is 6.94. The number of hydrogen-bond acceptors (Lipinski definition) is 6. The van der Waals surface area contributed by atoms with Crippen molar-refractivity contribution < 1.29 is 37.3 Å². The minimum absolute atomic E-state index is 0.0385. The van der Waals surface area contributed by atoms with Gasteiger partial charge in [-0.25, -0.2) is 4.57 Å². The van der Waals surface area contributed by atoms with Crippen molar-refractivity contribution in [1.29, 1.82) is 0 Å². The summed E-state index contributed by atoms with van der Waals surface area (Å²) in [5, 5.41) is 3.07.